The molecule has 0 aliphatic rings. The zero-order valence-electron chi connectivity index (χ0n) is 9.32. The van der Waals surface area contributed by atoms with Gasteiger partial charge in [-0.25, -0.2) is 0 Å². The van der Waals surface area contributed by atoms with Crippen molar-refractivity contribution in [1.82, 2.24) is 5.32 Å². The quantitative estimate of drug-likeness (QED) is 0.699. The summed E-state index contributed by atoms with van der Waals surface area (Å²) in [4.78, 5) is 1.39. The van der Waals surface area contributed by atoms with Gasteiger partial charge in [-0.2, -0.15) is 0 Å². The number of aliphatic hydroxyl groups is 1. The molecule has 1 heterocycles. The summed E-state index contributed by atoms with van der Waals surface area (Å²) in [7, 11) is 0. The molecule has 0 saturated heterocycles. The van der Waals surface area contributed by atoms with Crippen molar-refractivity contribution in [2.24, 2.45) is 0 Å². The number of hydrogen-bond donors (Lipinski definition) is 2. The number of aryl methyl sites for hydroxylation is 1. The maximum Gasteiger partial charge on any atom is 0.0698 e. The van der Waals surface area contributed by atoms with E-state index in [0.717, 1.165) is 6.54 Å². The molecule has 0 amide bonds. The minimum atomic E-state index is 0.0968. The van der Waals surface area contributed by atoms with Gasteiger partial charge in [0, 0.05) is 17.5 Å². The average molecular weight is 229 g/mol. The lowest BCUT2D eigenvalue weighted by Crippen LogP contribution is -2.23. The summed E-state index contributed by atoms with van der Waals surface area (Å²) in [5.41, 5.74) is 1.34. The van der Waals surface area contributed by atoms with Gasteiger partial charge in [-0.1, -0.05) is 0 Å². The van der Waals surface area contributed by atoms with E-state index < -0.39 is 0 Å². The first-order valence-corrected chi connectivity index (χ1v) is 6.09. The Morgan fingerprint density at radius 2 is 2.33 bits per heavy atom. The van der Waals surface area contributed by atoms with Crippen LogP contribution in [0.25, 0.3) is 0 Å². The van der Waals surface area contributed by atoms with Crippen LogP contribution in [0.4, 0.5) is 0 Å². The minimum absolute atomic E-state index is 0.0968. The lowest BCUT2D eigenvalue weighted by atomic mass is 10.2. The van der Waals surface area contributed by atoms with Gasteiger partial charge in [0.25, 0.3) is 0 Å². The Hall–Kier alpha value is -0.420. The summed E-state index contributed by atoms with van der Waals surface area (Å²) < 4.78 is 5.17. The lowest BCUT2D eigenvalue weighted by Gasteiger charge is -2.13. The van der Waals surface area contributed by atoms with Crippen molar-refractivity contribution in [2.45, 2.75) is 19.9 Å². The van der Waals surface area contributed by atoms with Gasteiger partial charge in [0.2, 0.25) is 0 Å². The zero-order valence-corrected chi connectivity index (χ0v) is 10.1. The molecule has 15 heavy (non-hydrogen) atoms. The molecule has 1 atom stereocenters. The standard InChI is InChI=1S/C11H19NO2S/c1-9-3-8-15-11(9)10(2)12-4-6-14-7-5-13/h3,8,10,12-13H,4-7H2,1-2H3/t10-/m1/s1. The normalized spacial score (nSPS) is 13.0. The maximum atomic E-state index is 8.52. The van der Waals surface area contributed by atoms with Crippen molar-refractivity contribution in [3.8, 4) is 0 Å². The fourth-order valence-electron chi connectivity index (χ4n) is 1.43. The molecule has 0 aliphatic carbocycles. The highest BCUT2D eigenvalue weighted by Crippen LogP contribution is 2.22. The molecule has 1 aromatic heterocycles. The van der Waals surface area contributed by atoms with E-state index in [9.17, 15) is 0 Å². The minimum Gasteiger partial charge on any atom is -0.394 e. The van der Waals surface area contributed by atoms with Crippen molar-refractivity contribution < 1.29 is 9.84 Å². The van der Waals surface area contributed by atoms with E-state index in [1.165, 1.54) is 10.4 Å². The summed E-state index contributed by atoms with van der Waals surface area (Å²) in [5, 5.41) is 14.0. The van der Waals surface area contributed by atoms with Crippen LogP contribution in [0.2, 0.25) is 0 Å². The van der Waals surface area contributed by atoms with E-state index >= 15 is 0 Å². The molecule has 0 aliphatic heterocycles. The number of ether oxygens (including phenoxy) is 1. The molecule has 1 aromatic rings. The van der Waals surface area contributed by atoms with Gasteiger partial charge in [-0.3, -0.25) is 0 Å². The summed E-state index contributed by atoms with van der Waals surface area (Å²) in [6.45, 7) is 6.28. The van der Waals surface area contributed by atoms with Crippen LogP contribution in [0, 0.1) is 6.92 Å². The molecule has 0 saturated carbocycles. The first kappa shape index (κ1) is 12.6. The second kappa shape index (κ2) is 6.95. The molecule has 2 N–H and O–H groups in total. The number of aliphatic hydroxyl groups excluding tert-OH is 1. The molecule has 0 fully saturated rings. The van der Waals surface area contributed by atoms with Crippen LogP contribution in [0.15, 0.2) is 11.4 Å². The molecule has 0 aromatic carbocycles. The van der Waals surface area contributed by atoms with E-state index in [1.54, 1.807) is 11.3 Å². The monoisotopic (exact) mass is 229 g/mol. The van der Waals surface area contributed by atoms with Crippen molar-refractivity contribution in [2.75, 3.05) is 26.4 Å². The number of thiophene rings is 1. The van der Waals surface area contributed by atoms with Gasteiger partial charge in [0.05, 0.1) is 19.8 Å². The third-order valence-corrected chi connectivity index (χ3v) is 3.43. The Labute approximate surface area is 95.1 Å². The van der Waals surface area contributed by atoms with Gasteiger partial charge >= 0.3 is 0 Å². The molecule has 0 radical (unpaired) electrons. The molecule has 0 spiro atoms. The second-order valence-electron chi connectivity index (χ2n) is 3.48. The Morgan fingerprint density at radius 1 is 1.53 bits per heavy atom. The van der Waals surface area contributed by atoms with Gasteiger partial charge in [-0.05, 0) is 30.9 Å². The third kappa shape index (κ3) is 4.30. The van der Waals surface area contributed by atoms with E-state index in [1.807, 2.05) is 0 Å². The van der Waals surface area contributed by atoms with Gasteiger partial charge in [-0.15, -0.1) is 11.3 Å². The van der Waals surface area contributed by atoms with Crippen molar-refractivity contribution in [3.63, 3.8) is 0 Å². The van der Waals surface area contributed by atoms with Crippen LogP contribution in [-0.2, 0) is 4.74 Å². The zero-order chi connectivity index (χ0) is 11.1. The van der Waals surface area contributed by atoms with Crippen LogP contribution in [0.5, 0.6) is 0 Å². The molecular formula is C11H19NO2S. The van der Waals surface area contributed by atoms with E-state index in [2.05, 4.69) is 30.6 Å². The van der Waals surface area contributed by atoms with Crippen molar-refractivity contribution in [3.05, 3.63) is 21.9 Å². The number of rotatable bonds is 7. The van der Waals surface area contributed by atoms with Crippen LogP contribution in [0.3, 0.4) is 0 Å². The van der Waals surface area contributed by atoms with Crippen LogP contribution < -0.4 is 5.32 Å². The summed E-state index contributed by atoms with van der Waals surface area (Å²) in [5.74, 6) is 0. The molecule has 0 unspecified atom stereocenters. The highest BCUT2D eigenvalue weighted by molar-refractivity contribution is 7.10. The Kier molecular flexibility index (Phi) is 5.86. The molecule has 86 valence electrons. The molecule has 0 bridgehead atoms. The smallest absolute Gasteiger partial charge is 0.0698 e. The summed E-state index contributed by atoms with van der Waals surface area (Å²) >= 11 is 1.78. The lowest BCUT2D eigenvalue weighted by molar-refractivity contribution is 0.0929. The van der Waals surface area contributed by atoms with E-state index in [4.69, 9.17) is 9.84 Å². The topological polar surface area (TPSA) is 41.5 Å². The van der Waals surface area contributed by atoms with E-state index in [0.29, 0.717) is 19.3 Å². The Bertz CT molecular complexity index is 275. The molecule has 4 heteroatoms. The predicted molar refractivity (Wildman–Crippen MR) is 63.4 cm³/mol. The van der Waals surface area contributed by atoms with Crippen LogP contribution >= 0.6 is 11.3 Å². The number of hydrogen-bond acceptors (Lipinski definition) is 4. The highest BCUT2D eigenvalue weighted by Gasteiger charge is 2.08. The van der Waals surface area contributed by atoms with Crippen molar-refractivity contribution in [1.29, 1.82) is 0 Å². The van der Waals surface area contributed by atoms with Gasteiger partial charge in [0.1, 0.15) is 0 Å². The maximum absolute atomic E-state index is 8.52. The Balaban J connectivity index is 2.19. The highest BCUT2D eigenvalue weighted by atomic mass is 32.1. The average Bonchev–Trinajstić information content (AvgIpc) is 2.64. The summed E-state index contributed by atoms with van der Waals surface area (Å²) in [6.07, 6.45) is 0. The Morgan fingerprint density at radius 3 is 2.93 bits per heavy atom. The largest absolute Gasteiger partial charge is 0.394 e. The second-order valence-corrected chi connectivity index (χ2v) is 4.43. The SMILES string of the molecule is Cc1ccsc1[C@@H](C)NCCOCCO. The number of nitrogens with one attached hydrogen (secondary N) is 1. The third-order valence-electron chi connectivity index (χ3n) is 2.23. The predicted octanol–water partition coefficient (Wildman–Crippen LogP) is 1.72. The molecular weight excluding hydrogens is 210 g/mol. The molecule has 3 nitrogen and oxygen atoms in total. The fourth-order valence-corrected chi connectivity index (χ4v) is 2.40. The first-order chi connectivity index (χ1) is 7.25. The summed E-state index contributed by atoms with van der Waals surface area (Å²) in [6, 6.07) is 2.52. The van der Waals surface area contributed by atoms with Crippen LogP contribution in [-0.4, -0.2) is 31.5 Å². The first-order valence-electron chi connectivity index (χ1n) is 5.21. The van der Waals surface area contributed by atoms with Gasteiger partial charge in [0.15, 0.2) is 0 Å². The van der Waals surface area contributed by atoms with Gasteiger partial charge < -0.3 is 15.2 Å². The fraction of sp³-hybridized carbons (Fsp3) is 0.636. The van der Waals surface area contributed by atoms with Crippen molar-refractivity contribution >= 4 is 11.3 Å². The van der Waals surface area contributed by atoms with E-state index in [-0.39, 0.29) is 6.61 Å². The van der Waals surface area contributed by atoms with Crippen LogP contribution in [0.1, 0.15) is 23.4 Å². The molecule has 1 rings (SSSR count).